The van der Waals surface area contributed by atoms with Crippen molar-refractivity contribution < 1.29 is 5.11 Å². The van der Waals surface area contributed by atoms with Crippen molar-refractivity contribution >= 4 is 11.5 Å². The minimum atomic E-state index is 0.270. The first-order valence-corrected chi connectivity index (χ1v) is 7.36. The lowest BCUT2D eigenvalue weighted by Gasteiger charge is -2.17. The molecular weight excluding hydrogens is 252 g/mol. The molecule has 1 unspecified atom stereocenters. The molecule has 2 N–H and O–H groups in total. The normalized spacial score (nSPS) is 19.1. The highest BCUT2D eigenvalue weighted by atomic mass is 16.3. The van der Waals surface area contributed by atoms with Gasteiger partial charge in [0.2, 0.25) is 0 Å². The first kappa shape index (κ1) is 13.4. The molecule has 1 aliphatic heterocycles. The van der Waals surface area contributed by atoms with Crippen molar-refractivity contribution in [2.75, 3.05) is 31.1 Å². The third-order valence-electron chi connectivity index (χ3n) is 3.99. The average Bonchev–Trinajstić information content (AvgIpc) is 3.09. The van der Waals surface area contributed by atoms with Crippen molar-refractivity contribution in [1.29, 1.82) is 0 Å². The molecule has 0 saturated carbocycles. The number of nitrogens with zero attached hydrogens (tertiary/aromatic N) is 3. The van der Waals surface area contributed by atoms with Crippen LogP contribution >= 0.6 is 0 Å². The van der Waals surface area contributed by atoms with Gasteiger partial charge in [-0.25, -0.2) is 4.98 Å². The summed E-state index contributed by atoms with van der Waals surface area (Å²) in [6.07, 6.45) is 3.11. The maximum Gasteiger partial charge on any atom is 0.152 e. The molecule has 3 heterocycles. The van der Waals surface area contributed by atoms with Crippen molar-refractivity contribution in [3.63, 3.8) is 0 Å². The molecule has 1 atom stereocenters. The molecule has 20 heavy (non-hydrogen) atoms. The Balaban J connectivity index is 1.96. The maximum absolute atomic E-state index is 9.32. The fourth-order valence-electron chi connectivity index (χ4n) is 2.87. The largest absolute Gasteiger partial charge is 0.396 e. The number of imidazole rings is 1. The Morgan fingerprint density at radius 2 is 2.35 bits per heavy atom. The van der Waals surface area contributed by atoms with E-state index in [1.807, 2.05) is 18.2 Å². The average molecular weight is 274 g/mol. The first-order valence-electron chi connectivity index (χ1n) is 7.36. The van der Waals surface area contributed by atoms with E-state index in [9.17, 15) is 5.11 Å². The van der Waals surface area contributed by atoms with Crippen molar-refractivity contribution in [1.82, 2.24) is 14.7 Å². The third kappa shape index (κ3) is 2.39. The summed E-state index contributed by atoms with van der Waals surface area (Å²) in [5, 5.41) is 12.7. The summed E-state index contributed by atoms with van der Waals surface area (Å²) in [7, 11) is 0. The second-order valence-corrected chi connectivity index (χ2v) is 5.37. The van der Waals surface area contributed by atoms with Gasteiger partial charge in [-0.15, -0.1) is 0 Å². The molecule has 0 amide bonds. The van der Waals surface area contributed by atoms with Gasteiger partial charge in [0, 0.05) is 38.4 Å². The van der Waals surface area contributed by atoms with E-state index in [2.05, 4.69) is 27.7 Å². The summed E-state index contributed by atoms with van der Waals surface area (Å²) >= 11 is 0. The SMILES string of the molecule is CCNCc1c(N2CCC(CO)C2)nc2ccccn12. The molecule has 0 bridgehead atoms. The summed E-state index contributed by atoms with van der Waals surface area (Å²) in [5.41, 5.74) is 2.20. The molecular formula is C15H22N4O. The molecule has 1 aliphatic rings. The van der Waals surface area contributed by atoms with E-state index in [4.69, 9.17) is 4.98 Å². The monoisotopic (exact) mass is 274 g/mol. The van der Waals surface area contributed by atoms with Gasteiger partial charge >= 0.3 is 0 Å². The molecule has 108 valence electrons. The van der Waals surface area contributed by atoms with E-state index < -0.39 is 0 Å². The van der Waals surface area contributed by atoms with Crippen molar-refractivity contribution in [3.8, 4) is 0 Å². The predicted octanol–water partition coefficient (Wildman–Crippen LogP) is 1.26. The van der Waals surface area contributed by atoms with Crippen LogP contribution in [-0.4, -0.2) is 40.7 Å². The van der Waals surface area contributed by atoms with Gasteiger partial charge in [0.25, 0.3) is 0 Å². The zero-order valence-electron chi connectivity index (χ0n) is 11.9. The Morgan fingerprint density at radius 3 is 3.10 bits per heavy atom. The molecule has 0 spiro atoms. The summed E-state index contributed by atoms with van der Waals surface area (Å²) in [4.78, 5) is 7.09. The predicted molar refractivity (Wildman–Crippen MR) is 80.0 cm³/mol. The lowest BCUT2D eigenvalue weighted by molar-refractivity contribution is 0.238. The minimum absolute atomic E-state index is 0.270. The van der Waals surface area contributed by atoms with Gasteiger partial charge in [-0.1, -0.05) is 13.0 Å². The Kier molecular flexibility index (Phi) is 3.89. The highest BCUT2D eigenvalue weighted by Crippen LogP contribution is 2.27. The Morgan fingerprint density at radius 1 is 1.45 bits per heavy atom. The molecule has 1 saturated heterocycles. The topological polar surface area (TPSA) is 52.8 Å². The third-order valence-corrected chi connectivity index (χ3v) is 3.99. The standard InChI is InChI=1S/C15H22N4O/c1-2-16-9-13-15(18-8-6-12(10-18)11-20)17-14-5-3-4-7-19(13)14/h3-5,7,12,16,20H,2,6,8-11H2,1H3. The Hall–Kier alpha value is -1.59. The van der Waals surface area contributed by atoms with Crippen molar-refractivity contribution in [3.05, 3.63) is 30.1 Å². The van der Waals surface area contributed by atoms with Gasteiger partial charge in [0.1, 0.15) is 5.65 Å². The van der Waals surface area contributed by atoms with Crippen LogP contribution in [0.4, 0.5) is 5.82 Å². The van der Waals surface area contributed by atoms with Crippen LogP contribution in [0.5, 0.6) is 0 Å². The van der Waals surface area contributed by atoms with Crippen LogP contribution in [0.3, 0.4) is 0 Å². The number of aliphatic hydroxyl groups is 1. The number of hydrogen-bond acceptors (Lipinski definition) is 4. The Bertz CT molecular complexity index is 580. The van der Waals surface area contributed by atoms with E-state index in [0.717, 1.165) is 44.1 Å². The quantitative estimate of drug-likeness (QED) is 0.862. The van der Waals surface area contributed by atoms with Crippen LogP contribution < -0.4 is 10.2 Å². The van der Waals surface area contributed by atoms with E-state index in [1.165, 1.54) is 5.69 Å². The number of anilines is 1. The zero-order chi connectivity index (χ0) is 13.9. The minimum Gasteiger partial charge on any atom is -0.396 e. The van der Waals surface area contributed by atoms with Gasteiger partial charge in [-0.2, -0.15) is 0 Å². The van der Waals surface area contributed by atoms with Crippen LogP contribution in [0.2, 0.25) is 0 Å². The molecule has 5 heteroatoms. The number of aromatic nitrogens is 2. The zero-order valence-corrected chi connectivity index (χ0v) is 11.9. The smallest absolute Gasteiger partial charge is 0.152 e. The molecule has 0 radical (unpaired) electrons. The first-order chi connectivity index (χ1) is 9.83. The number of fused-ring (bicyclic) bond motifs is 1. The van der Waals surface area contributed by atoms with Gasteiger partial charge in [-0.3, -0.25) is 0 Å². The number of nitrogens with one attached hydrogen (secondary N) is 1. The van der Waals surface area contributed by atoms with Gasteiger partial charge in [-0.05, 0) is 25.1 Å². The summed E-state index contributed by atoms with van der Waals surface area (Å²) in [6.45, 7) is 6.02. The lowest BCUT2D eigenvalue weighted by Crippen LogP contribution is -2.24. The molecule has 5 nitrogen and oxygen atoms in total. The lowest BCUT2D eigenvalue weighted by atomic mass is 10.1. The second-order valence-electron chi connectivity index (χ2n) is 5.37. The highest BCUT2D eigenvalue weighted by molar-refractivity contribution is 5.56. The number of rotatable bonds is 5. The van der Waals surface area contributed by atoms with Crippen molar-refractivity contribution in [2.45, 2.75) is 19.9 Å². The van der Waals surface area contributed by atoms with Gasteiger partial charge in [0.15, 0.2) is 5.82 Å². The highest BCUT2D eigenvalue weighted by Gasteiger charge is 2.26. The van der Waals surface area contributed by atoms with Crippen LogP contribution in [-0.2, 0) is 6.54 Å². The number of hydrogen-bond donors (Lipinski definition) is 2. The maximum atomic E-state index is 9.32. The molecule has 2 aromatic heterocycles. The molecule has 3 rings (SSSR count). The van der Waals surface area contributed by atoms with E-state index in [1.54, 1.807) is 0 Å². The van der Waals surface area contributed by atoms with E-state index in [-0.39, 0.29) is 6.61 Å². The molecule has 0 aliphatic carbocycles. The fraction of sp³-hybridized carbons (Fsp3) is 0.533. The van der Waals surface area contributed by atoms with Gasteiger partial charge in [0.05, 0.1) is 5.69 Å². The number of pyridine rings is 1. The van der Waals surface area contributed by atoms with Crippen LogP contribution in [0.15, 0.2) is 24.4 Å². The number of aliphatic hydroxyl groups excluding tert-OH is 1. The van der Waals surface area contributed by atoms with Crippen LogP contribution in [0.25, 0.3) is 5.65 Å². The fourth-order valence-corrected chi connectivity index (χ4v) is 2.87. The summed E-state index contributed by atoms with van der Waals surface area (Å²) in [5.74, 6) is 1.44. The van der Waals surface area contributed by atoms with E-state index >= 15 is 0 Å². The molecule has 0 aromatic carbocycles. The summed E-state index contributed by atoms with van der Waals surface area (Å²) < 4.78 is 2.16. The molecule has 2 aromatic rings. The van der Waals surface area contributed by atoms with Crippen LogP contribution in [0, 0.1) is 5.92 Å². The summed E-state index contributed by atoms with van der Waals surface area (Å²) in [6, 6.07) is 6.09. The van der Waals surface area contributed by atoms with Crippen molar-refractivity contribution in [2.24, 2.45) is 5.92 Å². The molecule has 1 fully saturated rings. The van der Waals surface area contributed by atoms with E-state index in [0.29, 0.717) is 5.92 Å². The van der Waals surface area contributed by atoms with Gasteiger partial charge < -0.3 is 19.7 Å². The Labute approximate surface area is 119 Å². The second kappa shape index (κ2) is 5.81. The van der Waals surface area contributed by atoms with Crippen LogP contribution in [0.1, 0.15) is 19.0 Å².